The number of nitrogens with zero attached hydrogens (tertiary/aromatic N) is 4. The molecule has 0 fully saturated rings. The van der Waals surface area contributed by atoms with Crippen molar-refractivity contribution in [2.75, 3.05) is 0 Å². The van der Waals surface area contributed by atoms with E-state index in [9.17, 15) is 14.7 Å². The minimum absolute atomic E-state index is 0.0285. The average molecular weight is 323 g/mol. The first-order chi connectivity index (χ1) is 10.1. The summed E-state index contributed by atoms with van der Waals surface area (Å²) in [6.45, 7) is -0.0285. The largest absolute Gasteiger partial charge is 0.476 e. The number of hydrogen-bond acceptors (Lipinski definition) is 6. The van der Waals surface area contributed by atoms with Crippen LogP contribution >= 0.6 is 23.1 Å². The van der Waals surface area contributed by atoms with Crippen LogP contribution in [0.15, 0.2) is 29.1 Å². The van der Waals surface area contributed by atoms with Gasteiger partial charge in [0.15, 0.2) is 5.69 Å². The molecule has 3 aromatic rings. The molecule has 0 saturated carbocycles. The van der Waals surface area contributed by atoms with Crippen molar-refractivity contribution in [1.82, 2.24) is 19.4 Å². The Morgan fingerprint density at radius 3 is 2.67 bits per heavy atom. The molecule has 2 aromatic heterocycles. The van der Waals surface area contributed by atoms with Crippen LogP contribution in [0.3, 0.4) is 0 Å². The summed E-state index contributed by atoms with van der Waals surface area (Å²) in [5.41, 5.74) is -0.216. The standard InChI is InChI=1S/C12H7ClN4O3S/c13-10-8(14-16-21-10)5-17-11(18)7-4-2-1-3-6(7)9(15-17)12(19)20/h1-4H,5H2,(H,19,20). The number of benzene rings is 1. The number of rotatable bonds is 3. The summed E-state index contributed by atoms with van der Waals surface area (Å²) in [5, 5.41) is 17.5. The van der Waals surface area contributed by atoms with E-state index in [-0.39, 0.29) is 17.6 Å². The van der Waals surface area contributed by atoms with Crippen LogP contribution < -0.4 is 5.56 Å². The number of carboxylic acids is 1. The molecule has 0 aliphatic heterocycles. The summed E-state index contributed by atoms with van der Waals surface area (Å²) >= 11 is 6.89. The molecule has 0 amide bonds. The Morgan fingerprint density at radius 1 is 1.33 bits per heavy atom. The second kappa shape index (κ2) is 5.23. The predicted molar refractivity (Wildman–Crippen MR) is 77.0 cm³/mol. The van der Waals surface area contributed by atoms with E-state index in [0.717, 1.165) is 16.2 Å². The summed E-state index contributed by atoms with van der Waals surface area (Å²) in [4.78, 5) is 23.7. The summed E-state index contributed by atoms with van der Waals surface area (Å²) in [6, 6.07) is 6.43. The third-order valence-electron chi connectivity index (χ3n) is 2.88. The van der Waals surface area contributed by atoms with Crippen LogP contribution in [0.4, 0.5) is 0 Å². The van der Waals surface area contributed by atoms with Crippen LogP contribution in [-0.2, 0) is 6.54 Å². The van der Waals surface area contributed by atoms with Crippen molar-refractivity contribution < 1.29 is 9.90 Å². The van der Waals surface area contributed by atoms with E-state index in [2.05, 4.69) is 14.7 Å². The van der Waals surface area contributed by atoms with Crippen molar-refractivity contribution in [3.05, 3.63) is 50.3 Å². The highest BCUT2D eigenvalue weighted by Crippen LogP contribution is 2.18. The van der Waals surface area contributed by atoms with Gasteiger partial charge in [-0.15, -0.1) is 5.10 Å². The van der Waals surface area contributed by atoms with Gasteiger partial charge in [0.2, 0.25) is 0 Å². The number of carboxylic acid groups (broad SMARTS) is 1. The number of fused-ring (bicyclic) bond motifs is 1. The minimum atomic E-state index is -1.21. The zero-order valence-electron chi connectivity index (χ0n) is 10.4. The molecule has 1 aromatic carbocycles. The van der Waals surface area contributed by atoms with Gasteiger partial charge in [-0.05, 0) is 6.07 Å². The van der Waals surface area contributed by atoms with E-state index < -0.39 is 11.5 Å². The molecular formula is C12H7ClN4O3S. The predicted octanol–water partition coefficient (Wildman–Crippen LogP) is 1.65. The fourth-order valence-corrected chi connectivity index (χ4v) is 2.55. The molecule has 21 heavy (non-hydrogen) atoms. The van der Waals surface area contributed by atoms with Crippen LogP contribution in [0.1, 0.15) is 16.2 Å². The average Bonchev–Trinajstić information content (AvgIpc) is 2.87. The molecule has 0 spiro atoms. The van der Waals surface area contributed by atoms with E-state index in [1.807, 2.05) is 0 Å². The Hall–Kier alpha value is -2.32. The van der Waals surface area contributed by atoms with Gasteiger partial charge < -0.3 is 5.11 Å². The van der Waals surface area contributed by atoms with E-state index >= 15 is 0 Å². The smallest absolute Gasteiger partial charge is 0.357 e. The minimum Gasteiger partial charge on any atom is -0.476 e. The third kappa shape index (κ3) is 2.39. The molecule has 0 bridgehead atoms. The molecule has 0 atom stereocenters. The maximum Gasteiger partial charge on any atom is 0.357 e. The van der Waals surface area contributed by atoms with Crippen molar-refractivity contribution in [3.8, 4) is 0 Å². The van der Waals surface area contributed by atoms with Crippen molar-refractivity contribution in [2.24, 2.45) is 0 Å². The number of hydrogen-bond donors (Lipinski definition) is 1. The van der Waals surface area contributed by atoms with Gasteiger partial charge in [-0.3, -0.25) is 4.79 Å². The number of carbonyl (C=O) groups is 1. The maximum absolute atomic E-state index is 12.4. The Bertz CT molecular complexity index is 905. The molecule has 3 rings (SSSR count). The maximum atomic E-state index is 12.4. The highest BCUT2D eigenvalue weighted by Gasteiger charge is 2.17. The van der Waals surface area contributed by atoms with Gasteiger partial charge in [-0.25, -0.2) is 9.48 Å². The second-order valence-electron chi connectivity index (χ2n) is 4.16. The van der Waals surface area contributed by atoms with Gasteiger partial charge in [0.25, 0.3) is 5.56 Å². The molecule has 2 heterocycles. The van der Waals surface area contributed by atoms with Gasteiger partial charge >= 0.3 is 5.97 Å². The van der Waals surface area contributed by atoms with Crippen molar-refractivity contribution in [3.63, 3.8) is 0 Å². The molecule has 106 valence electrons. The lowest BCUT2D eigenvalue weighted by Gasteiger charge is -2.07. The molecule has 1 N–H and O–H groups in total. The molecule has 0 aliphatic rings. The summed E-state index contributed by atoms with van der Waals surface area (Å²) < 4.78 is 5.05. The Kier molecular flexibility index (Phi) is 3.40. The lowest BCUT2D eigenvalue weighted by molar-refractivity contribution is 0.0690. The van der Waals surface area contributed by atoms with Crippen LogP contribution in [0, 0.1) is 0 Å². The van der Waals surface area contributed by atoms with Gasteiger partial charge in [0, 0.05) is 16.9 Å². The Morgan fingerprint density at radius 2 is 2.05 bits per heavy atom. The summed E-state index contributed by atoms with van der Waals surface area (Å²) in [7, 11) is 0. The van der Waals surface area contributed by atoms with E-state index in [4.69, 9.17) is 11.6 Å². The van der Waals surface area contributed by atoms with Gasteiger partial charge in [0.1, 0.15) is 10.0 Å². The monoisotopic (exact) mass is 322 g/mol. The first kappa shape index (κ1) is 13.7. The summed E-state index contributed by atoms with van der Waals surface area (Å²) in [6.07, 6.45) is 0. The molecule has 7 nitrogen and oxygen atoms in total. The third-order valence-corrected chi connectivity index (χ3v) is 3.86. The highest BCUT2D eigenvalue weighted by atomic mass is 35.5. The lowest BCUT2D eigenvalue weighted by atomic mass is 10.1. The quantitative estimate of drug-likeness (QED) is 0.787. The Balaban J connectivity index is 2.24. The van der Waals surface area contributed by atoms with Gasteiger partial charge in [-0.2, -0.15) is 5.10 Å². The van der Waals surface area contributed by atoms with Crippen LogP contribution in [0.2, 0.25) is 4.34 Å². The van der Waals surface area contributed by atoms with Crippen LogP contribution in [-0.4, -0.2) is 30.4 Å². The number of aromatic carboxylic acids is 1. The van der Waals surface area contributed by atoms with Crippen molar-refractivity contribution in [2.45, 2.75) is 6.54 Å². The first-order valence-electron chi connectivity index (χ1n) is 5.78. The van der Waals surface area contributed by atoms with Gasteiger partial charge in [0.05, 0.1) is 11.9 Å². The molecule has 0 saturated heterocycles. The molecule has 0 unspecified atom stereocenters. The van der Waals surface area contributed by atoms with Crippen LogP contribution in [0.25, 0.3) is 10.8 Å². The highest BCUT2D eigenvalue weighted by molar-refractivity contribution is 7.10. The number of halogens is 1. The second-order valence-corrected chi connectivity index (χ2v) is 5.51. The zero-order chi connectivity index (χ0) is 15.0. The van der Waals surface area contributed by atoms with E-state index in [0.29, 0.717) is 15.4 Å². The fraction of sp³-hybridized carbons (Fsp3) is 0.0833. The van der Waals surface area contributed by atoms with Crippen molar-refractivity contribution >= 4 is 39.9 Å². The molecule has 0 radical (unpaired) electrons. The molecular weight excluding hydrogens is 316 g/mol. The Labute approximate surface area is 126 Å². The van der Waals surface area contributed by atoms with Crippen LogP contribution in [0.5, 0.6) is 0 Å². The molecule has 9 heteroatoms. The van der Waals surface area contributed by atoms with Crippen molar-refractivity contribution in [1.29, 1.82) is 0 Å². The fourth-order valence-electron chi connectivity index (χ4n) is 1.93. The lowest BCUT2D eigenvalue weighted by Crippen LogP contribution is -2.26. The van der Waals surface area contributed by atoms with Gasteiger partial charge in [-0.1, -0.05) is 34.3 Å². The summed E-state index contributed by atoms with van der Waals surface area (Å²) in [5.74, 6) is -1.21. The number of aromatic nitrogens is 4. The first-order valence-corrected chi connectivity index (χ1v) is 6.93. The van der Waals surface area contributed by atoms with E-state index in [1.54, 1.807) is 24.3 Å². The molecule has 0 aliphatic carbocycles. The zero-order valence-corrected chi connectivity index (χ0v) is 11.9. The van der Waals surface area contributed by atoms with E-state index in [1.165, 1.54) is 0 Å². The topological polar surface area (TPSA) is 98.0 Å². The SMILES string of the molecule is O=C(O)c1nn(Cc2nnsc2Cl)c(=O)c2ccccc12. The normalized spacial score (nSPS) is 10.9.